The molecule has 2 aromatic carbocycles. The van der Waals surface area contributed by atoms with Crippen LogP contribution in [-0.4, -0.2) is 34.3 Å². The molecule has 5 rings (SSSR count). The molecule has 1 aromatic heterocycles. The van der Waals surface area contributed by atoms with Crippen molar-refractivity contribution in [1.29, 1.82) is 0 Å². The molecule has 194 valence electrons. The van der Waals surface area contributed by atoms with E-state index in [0.717, 1.165) is 28.8 Å². The molecule has 0 spiro atoms. The molecule has 0 bridgehead atoms. The van der Waals surface area contributed by atoms with Crippen molar-refractivity contribution in [3.05, 3.63) is 64.9 Å². The average Bonchev–Trinajstić information content (AvgIpc) is 3.25. The number of hydrogen-bond acceptors (Lipinski definition) is 6. The highest BCUT2D eigenvalue weighted by atomic mass is 16.5. The number of hydrogen-bond donors (Lipinski definition) is 1. The van der Waals surface area contributed by atoms with Crippen LogP contribution in [0.15, 0.2) is 53.7 Å². The molecule has 37 heavy (non-hydrogen) atoms. The Morgan fingerprint density at radius 2 is 1.81 bits per heavy atom. The van der Waals surface area contributed by atoms with Gasteiger partial charge in [0.25, 0.3) is 0 Å². The quantitative estimate of drug-likeness (QED) is 0.442. The van der Waals surface area contributed by atoms with E-state index in [1.807, 2.05) is 29.8 Å². The Morgan fingerprint density at radius 3 is 2.46 bits per heavy atom. The second-order valence-electron chi connectivity index (χ2n) is 11.7. The number of benzene rings is 2. The second-order valence-corrected chi connectivity index (χ2v) is 11.7. The van der Waals surface area contributed by atoms with Crippen LogP contribution >= 0.6 is 0 Å². The fourth-order valence-electron chi connectivity index (χ4n) is 5.29. The fraction of sp³-hybridized carbons (Fsp3) is 0.433. The van der Waals surface area contributed by atoms with Crippen LogP contribution in [-0.2, 0) is 10.2 Å². The summed E-state index contributed by atoms with van der Waals surface area (Å²) in [6, 6.07) is 13.8. The minimum absolute atomic E-state index is 0.0644. The van der Waals surface area contributed by atoms with Crippen LogP contribution < -0.4 is 14.8 Å². The van der Waals surface area contributed by atoms with Gasteiger partial charge in [0.15, 0.2) is 23.1 Å². The third-order valence-corrected chi connectivity index (χ3v) is 7.14. The number of nitrogens with one attached hydrogen (secondary N) is 1. The zero-order chi connectivity index (χ0) is 26.5. The molecule has 0 fully saturated rings. The Balaban J connectivity index is 1.63. The van der Waals surface area contributed by atoms with Crippen molar-refractivity contribution in [2.75, 3.05) is 19.0 Å². The first-order valence-corrected chi connectivity index (χ1v) is 12.9. The van der Waals surface area contributed by atoms with Crippen molar-refractivity contribution in [3.63, 3.8) is 0 Å². The van der Waals surface area contributed by atoms with Crippen LogP contribution in [0.4, 0.5) is 5.95 Å². The first-order chi connectivity index (χ1) is 17.5. The van der Waals surface area contributed by atoms with Crippen LogP contribution in [0.1, 0.15) is 71.6 Å². The van der Waals surface area contributed by atoms with Gasteiger partial charge < -0.3 is 14.8 Å². The van der Waals surface area contributed by atoms with Gasteiger partial charge >= 0.3 is 0 Å². The Bertz CT molecular complexity index is 1380. The molecule has 0 saturated carbocycles. The summed E-state index contributed by atoms with van der Waals surface area (Å²) >= 11 is 0. The lowest BCUT2D eigenvalue weighted by atomic mass is 9.73. The maximum absolute atomic E-state index is 13.6. The molecule has 3 aromatic rings. The first-order valence-electron chi connectivity index (χ1n) is 12.9. The number of nitrogens with zero attached hydrogens (tertiary/aromatic N) is 3. The average molecular weight is 501 g/mol. The predicted octanol–water partition coefficient (Wildman–Crippen LogP) is 6.31. The highest BCUT2D eigenvalue weighted by Gasteiger charge is 2.42. The van der Waals surface area contributed by atoms with Crippen molar-refractivity contribution in [1.82, 2.24) is 14.8 Å². The van der Waals surface area contributed by atoms with E-state index in [1.54, 1.807) is 7.11 Å². The lowest BCUT2D eigenvalue weighted by molar-refractivity contribution is -0.118. The molecule has 7 nitrogen and oxygen atoms in total. The number of methoxy groups -OCH3 is 1. The van der Waals surface area contributed by atoms with E-state index in [1.165, 1.54) is 5.56 Å². The molecule has 0 radical (unpaired) electrons. The monoisotopic (exact) mass is 500 g/mol. The summed E-state index contributed by atoms with van der Waals surface area (Å²) in [5.74, 6) is 2.69. The van der Waals surface area contributed by atoms with Crippen molar-refractivity contribution in [3.8, 4) is 22.9 Å². The zero-order valence-electron chi connectivity index (χ0n) is 22.8. The summed E-state index contributed by atoms with van der Waals surface area (Å²) in [4.78, 5) is 18.4. The number of Topliss-reactive ketones (excluding diaryl/α,β-unsaturated/α-hetero) is 1. The standard InChI is InChI=1S/C30H36N4O3/c1-8-37-23-14-11-19(15-24(23)36-7)26-25-21(16-30(5,6)17-22(25)35)31-28-32-27(33-34(26)28)18-9-12-20(13-10-18)29(2,3)4/h9-15,26H,8,16-17H2,1-7H3,(H,31,32,33). The van der Waals surface area contributed by atoms with Gasteiger partial charge in [0, 0.05) is 23.3 Å². The predicted molar refractivity (Wildman–Crippen MR) is 145 cm³/mol. The van der Waals surface area contributed by atoms with Crippen LogP contribution in [0.25, 0.3) is 11.4 Å². The van der Waals surface area contributed by atoms with Crippen LogP contribution in [0.5, 0.6) is 11.5 Å². The molecule has 1 unspecified atom stereocenters. The Labute approximate surface area is 218 Å². The molecule has 7 heteroatoms. The summed E-state index contributed by atoms with van der Waals surface area (Å²) < 4.78 is 13.2. The van der Waals surface area contributed by atoms with Crippen molar-refractivity contribution >= 4 is 11.7 Å². The smallest absolute Gasteiger partial charge is 0.226 e. The molecule has 1 aliphatic carbocycles. The summed E-state index contributed by atoms with van der Waals surface area (Å²) in [6.45, 7) is 13.3. The number of carbonyl (C=O) groups excluding carboxylic acids is 1. The summed E-state index contributed by atoms with van der Waals surface area (Å²) in [5.41, 5.74) is 4.70. The van der Waals surface area contributed by atoms with Crippen molar-refractivity contribution < 1.29 is 14.3 Å². The second kappa shape index (κ2) is 9.05. The molecule has 2 aliphatic rings. The molecule has 2 heterocycles. The number of ether oxygens (including phenoxy) is 2. The van der Waals surface area contributed by atoms with E-state index in [9.17, 15) is 4.79 Å². The third kappa shape index (κ3) is 4.63. The minimum atomic E-state index is -0.408. The topological polar surface area (TPSA) is 78.3 Å². The van der Waals surface area contributed by atoms with E-state index in [2.05, 4.69) is 64.2 Å². The highest BCUT2D eigenvalue weighted by Crippen LogP contribution is 2.46. The first kappa shape index (κ1) is 25.1. The fourth-order valence-corrected chi connectivity index (χ4v) is 5.29. The van der Waals surface area contributed by atoms with Crippen LogP contribution in [0.3, 0.4) is 0 Å². The van der Waals surface area contributed by atoms with Gasteiger partial charge in [-0.05, 0) is 47.4 Å². The number of rotatable bonds is 5. The lowest BCUT2D eigenvalue weighted by Crippen LogP contribution is -2.36. The van der Waals surface area contributed by atoms with E-state index in [4.69, 9.17) is 19.6 Å². The summed E-state index contributed by atoms with van der Waals surface area (Å²) in [5, 5.41) is 8.39. The van der Waals surface area contributed by atoms with Crippen LogP contribution in [0.2, 0.25) is 0 Å². The number of anilines is 1. The van der Waals surface area contributed by atoms with E-state index in [0.29, 0.717) is 36.3 Å². The van der Waals surface area contributed by atoms with Gasteiger partial charge in [0.1, 0.15) is 6.04 Å². The Morgan fingerprint density at radius 1 is 1.08 bits per heavy atom. The molecular weight excluding hydrogens is 464 g/mol. The number of fused-ring (bicyclic) bond motifs is 1. The van der Waals surface area contributed by atoms with Gasteiger partial charge in [-0.15, -0.1) is 5.10 Å². The van der Waals surface area contributed by atoms with Crippen molar-refractivity contribution in [2.24, 2.45) is 5.41 Å². The molecule has 0 amide bonds. The molecule has 0 saturated heterocycles. The largest absolute Gasteiger partial charge is 0.493 e. The number of ketones is 1. The normalized spacial score (nSPS) is 18.7. The van der Waals surface area contributed by atoms with Gasteiger partial charge in [0.2, 0.25) is 5.95 Å². The summed E-state index contributed by atoms with van der Waals surface area (Å²) in [7, 11) is 1.63. The van der Waals surface area contributed by atoms with Gasteiger partial charge in [0.05, 0.1) is 13.7 Å². The number of carbonyl (C=O) groups is 1. The number of aromatic nitrogens is 3. The van der Waals surface area contributed by atoms with E-state index >= 15 is 0 Å². The van der Waals surface area contributed by atoms with Gasteiger partial charge in [-0.1, -0.05) is 65.0 Å². The van der Waals surface area contributed by atoms with Gasteiger partial charge in [-0.2, -0.15) is 4.98 Å². The minimum Gasteiger partial charge on any atom is -0.493 e. The van der Waals surface area contributed by atoms with Gasteiger partial charge in [-0.25, -0.2) is 4.68 Å². The Hall–Kier alpha value is -3.61. The Kier molecular flexibility index (Phi) is 6.13. The molecular formula is C30H36N4O3. The third-order valence-electron chi connectivity index (χ3n) is 7.14. The SMILES string of the molecule is CCOc1ccc(C2C3=C(CC(C)(C)CC3=O)Nc3nc(-c4ccc(C(C)(C)C)cc4)nn32)cc1OC. The molecule has 1 aliphatic heterocycles. The number of allylic oxidation sites excluding steroid dienone is 2. The maximum atomic E-state index is 13.6. The summed E-state index contributed by atoms with van der Waals surface area (Å²) in [6.07, 6.45) is 1.25. The van der Waals surface area contributed by atoms with Gasteiger partial charge in [-0.3, -0.25) is 4.79 Å². The highest BCUT2D eigenvalue weighted by molar-refractivity contribution is 6.00. The maximum Gasteiger partial charge on any atom is 0.226 e. The zero-order valence-corrected chi connectivity index (χ0v) is 22.8. The van der Waals surface area contributed by atoms with Crippen molar-refractivity contribution in [2.45, 2.75) is 65.8 Å². The molecule has 1 atom stereocenters. The van der Waals surface area contributed by atoms with E-state index < -0.39 is 6.04 Å². The van der Waals surface area contributed by atoms with Crippen LogP contribution in [0, 0.1) is 5.41 Å². The lowest BCUT2D eigenvalue weighted by Gasteiger charge is -2.38. The molecule has 1 N–H and O–H groups in total. The van der Waals surface area contributed by atoms with E-state index in [-0.39, 0.29) is 16.6 Å².